The van der Waals surface area contributed by atoms with Gasteiger partial charge in [0.1, 0.15) is 0 Å². The summed E-state index contributed by atoms with van der Waals surface area (Å²) >= 11 is 3.46. The van der Waals surface area contributed by atoms with Crippen LogP contribution in [-0.4, -0.2) is 37.7 Å². The van der Waals surface area contributed by atoms with Gasteiger partial charge in [0.25, 0.3) is 0 Å². The van der Waals surface area contributed by atoms with E-state index in [1.54, 1.807) is 12.1 Å². The lowest BCUT2D eigenvalue weighted by atomic mass is 9.66. The molecule has 0 radical (unpaired) electrons. The van der Waals surface area contributed by atoms with Gasteiger partial charge in [-0.1, -0.05) is 18.2 Å². The Kier molecular flexibility index (Phi) is 5.57. The van der Waals surface area contributed by atoms with E-state index in [4.69, 9.17) is 14.0 Å². The molecule has 0 amide bonds. The van der Waals surface area contributed by atoms with Gasteiger partial charge >= 0.3 is 13.1 Å². The molecule has 0 aliphatic carbocycles. The zero-order chi connectivity index (χ0) is 18.1. The maximum absolute atomic E-state index is 11.9. The van der Waals surface area contributed by atoms with Gasteiger partial charge in [-0.25, -0.2) is 0 Å². The Morgan fingerprint density at radius 3 is 2.38 bits per heavy atom. The second kappa shape index (κ2) is 6.98. The fourth-order valence-electron chi connectivity index (χ4n) is 2.61. The minimum atomic E-state index is -0.618. The van der Waals surface area contributed by atoms with Crippen molar-refractivity contribution in [1.29, 1.82) is 0 Å². The number of rotatable bonds is 5. The van der Waals surface area contributed by atoms with E-state index in [0.717, 1.165) is 11.8 Å². The number of halogens is 1. The molecule has 24 heavy (non-hydrogen) atoms. The van der Waals surface area contributed by atoms with E-state index in [2.05, 4.69) is 15.9 Å². The molecule has 1 saturated heterocycles. The van der Waals surface area contributed by atoms with Crippen molar-refractivity contribution in [3.8, 4) is 0 Å². The Bertz CT molecular complexity index is 628. The number of benzene rings is 1. The third-order valence-corrected chi connectivity index (χ3v) is 5.71. The lowest BCUT2D eigenvalue weighted by molar-refractivity contribution is -0.140. The largest absolute Gasteiger partial charge is 0.469 e. The quantitative estimate of drug-likeness (QED) is 0.432. The standard InChI is InChI=1S/C17H22BBrO5/c1-16(2)17(3,4)24-18(23-16)13(9-14(21)22-5)12-8-6-7-11(10-20)15(12)19/h6-8,10,13H,9H2,1-5H3. The number of methoxy groups -OCH3 is 1. The van der Waals surface area contributed by atoms with Gasteiger partial charge in [-0.05, 0) is 49.2 Å². The first kappa shape index (κ1) is 19.2. The second-order valence-corrected chi connectivity index (χ2v) is 7.67. The fraction of sp³-hybridized carbons (Fsp3) is 0.529. The predicted octanol–water partition coefficient (Wildman–Crippen LogP) is 3.54. The van der Waals surface area contributed by atoms with Gasteiger partial charge in [-0.15, -0.1) is 0 Å². The van der Waals surface area contributed by atoms with Crippen LogP contribution >= 0.6 is 15.9 Å². The Hall–Kier alpha value is -1.18. The van der Waals surface area contributed by atoms with Crippen molar-refractivity contribution in [2.45, 2.75) is 51.1 Å². The highest BCUT2D eigenvalue weighted by atomic mass is 79.9. The maximum Gasteiger partial charge on any atom is 0.466 e. The number of esters is 1. The van der Waals surface area contributed by atoms with E-state index in [1.807, 2.05) is 33.8 Å². The summed E-state index contributed by atoms with van der Waals surface area (Å²) in [5.41, 5.74) is 0.268. The number of hydrogen-bond donors (Lipinski definition) is 0. The van der Waals surface area contributed by atoms with Crippen LogP contribution in [0.25, 0.3) is 0 Å². The normalized spacial score (nSPS) is 19.8. The molecule has 1 aromatic rings. The number of ether oxygens (including phenoxy) is 1. The van der Waals surface area contributed by atoms with Crippen molar-refractivity contribution in [1.82, 2.24) is 0 Å². The van der Waals surface area contributed by atoms with E-state index in [0.29, 0.717) is 10.0 Å². The van der Waals surface area contributed by atoms with Gasteiger partial charge < -0.3 is 14.0 Å². The molecule has 0 saturated carbocycles. The minimum Gasteiger partial charge on any atom is -0.469 e. The molecule has 0 bridgehead atoms. The topological polar surface area (TPSA) is 61.8 Å². The van der Waals surface area contributed by atoms with Crippen LogP contribution in [0.2, 0.25) is 0 Å². The first-order chi connectivity index (χ1) is 11.1. The van der Waals surface area contributed by atoms with E-state index in [1.165, 1.54) is 7.11 Å². The average Bonchev–Trinajstić information content (AvgIpc) is 2.73. The lowest BCUT2D eigenvalue weighted by Crippen LogP contribution is -2.41. The molecule has 0 aromatic heterocycles. The van der Waals surface area contributed by atoms with Gasteiger partial charge in [-0.2, -0.15) is 0 Å². The highest BCUT2D eigenvalue weighted by Crippen LogP contribution is 2.43. The summed E-state index contributed by atoms with van der Waals surface area (Å²) in [6.07, 6.45) is 0.862. The summed E-state index contributed by atoms with van der Waals surface area (Å²) in [4.78, 5) is 23.1. The number of hydrogen-bond acceptors (Lipinski definition) is 5. The Labute approximate surface area is 151 Å². The summed E-state index contributed by atoms with van der Waals surface area (Å²) in [7, 11) is 0.729. The zero-order valence-corrected chi connectivity index (χ0v) is 16.2. The van der Waals surface area contributed by atoms with E-state index in [9.17, 15) is 9.59 Å². The predicted molar refractivity (Wildman–Crippen MR) is 95.0 cm³/mol. The fourth-order valence-corrected chi connectivity index (χ4v) is 3.27. The molecular formula is C17H22BBrO5. The first-order valence-electron chi connectivity index (χ1n) is 7.79. The molecule has 0 spiro atoms. The molecule has 2 rings (SSSR count). The molecule has 130 valence electrons. The Morgan fingerprint density at radius 2 is 1.88 bits per heavy atom. The summed E-state index contributed by atoms with van der Waals surface area (Å²) in [5, 5.41) is 0. The van der Waals surface area contributed by atoms with Crippen LogP contribution in [0.15, 0.2) is 22.7 Å². The summed E-state index contributed by atoms with van der Waals surface area (Å²) < 4.78 is 17.7. The SMILES string of the molecule is COC(=O)CC(B1OC(C)(C)C(C)(C)O1)c1cccc(C=O)c1Br. The summed E-state index contributed by atoms with van der Waals surface area (Å²) in [5.74, 6) is -0.758. The van der Waals surface area contributed by atoms with Gasteiger partial charge in [0.05, 0.1) is 24.7 Å². The molecule has 1 aliphatic heterocycles. The van der Waals surface area contributed by atoms with Gasteiger partial charge in [0.2, 0.25) is 0 Å². The van der Waals surface area contributed by atoms with Crippen LogP contribution in [0.3, 0.4) is 0 Å². The first-order valence-corrected chi connectivity index (χ1v) is 8.58. The number of aldehydes is 1. The van der Waals surface area contributed by atoms with Crippen molar-refractivity contribution in [2.75, 3.05) is 7.11 Å². The minimum absolute atomic E-state index is 0.0915. The average molecular weight is 397 g/mol. The molecule has 5 nitrogen and oxygen atoms in total. The van der Waals surface area contributed by atoms with Crippen molar-refractivity contribution in [2.24, 2.45) is 0 Å². The summed E-state index contributed by atoms with van der Waals surface area (Å²) in [6, 6.07) is 5.34. The van der Waals surface area contributed by atoms with Crippen molar-refractivity contribution >= 4 is 35.3 Å². The highest BCUT2D eigenvalue weighted by molar-refractivity contribution is 9.10. The van der Waals surface area contributed by atoms with Crippen LogP contribution in [0, 0.1) is 0 Å². The second-order valence-electron chi connectivity index (χ2n) is 6.88. The lowest BCUT2D eigenvalue weighted by Gasteiger charge is -2.32. The van der Waals surface area contributed by atoms with Crippen molar-refractivity contribution in [3.63, 3.8) is 0 Å². The zero-order valence-electron chi connectivity index (χ0n) is 14.6. The maximum atomic E-state index is 11.9. The van der Waals surface area contributed by atoms with Crippen molar-refractivity contribution in [3.05, 3.63) is 33.8 Å². The molecule has 1 aliphatic rings. The van der Waals surface area contributed by atoms with Gasteiger partial charge in [0.15, 0.2) is 6.29 Å². The monoisotopic (exact) mass is 396 g/mol. The molecule has 1 fully saturated rings. The number of carbonyl (C=O) groups excluding carboxylic acids is 2. The Balaban J connectivity index is 2.44. The molecule has 1 atom stereocenters. The third kappa shape index (κ3) is 3.58. The summed E-state index contributed by atoms with van der Waals surface area (Å²) in [6.45, 7) is 7.83. The van der Waals surface area contributed by atoms with E-state index < -0.39 is 24.1 Å². The third-order valence-electron chi connectivity index (χ3n) is 4.80. The van der Waals surface area contributed by atoms with Crippen molar-refractivity contribution < 1.29 is 23.6 Å². The molecule has 1 heterocycles. The molecule has 0 N–H and O–H groups in total. The molecule has 1 aromatic carbocycles. The van der Waals surface area contributed by atoms with Crippen LogP contribution in [-0.2, 0) is 18.8 Å². The van der Waals surface area contributed by atoms with Crippen LogP contribution < -0.4 is 0 Å². The molecule has 7 heteroatoms. The van der Waals surface area contributed by atoms with Crippen LogP contribution in [0.1, 0.15) is 55.9 Å². The molecule has 1 unspecified atom stereocenters. The van der Waals surface area contributed by atoms with Crippen LogP contribution in [0.4, 0.5) is 0 Å². The Morgan fingerprint density at radius 1 is 1.29 bits per heavy atom. The molecular weight excluding hydrogens is 375 g/mol. The van der Waals surface area contributed by atoms with E-state index >= 15 is 0 Å². The number of carbonyl (C=O) groups is 2. The van der Waals surface area contributed by atoms with E-state index in [-0.39, 0.29) is 12.4 Å². The smallest absolute Gasteiger partial charge is 0.466 e. The highest BCUT2D eigenvalue weighted by Gasteiger charge is 2.54. The van der Waals surface area contributed by atoms with Gasteiger partial charge in [-0.3, -0.25) is 9.59 Å². The van der Waals surface area contributed by atoms with Crippen LogP contribution in [0.5, 0.6) is 0 Å². The van der Waals surface area contributed by atoms with Gasteiger partial charge in [0, 0.05) is 15.9 Å².